The standard InChI is InChI=1S/C13H21BrN2O2/c1-11-10-12(14)2-3-13(11)18-9-8-17-7-6-16-5-4-15/h2-3,10,16H,4-9,15H2,1H3/p+2. The predicted molar refractivity (Wildman–Crippen MR) is 74.6 cm³/mol. The highest BCUT2D eigenvalue weighted by atomic mass is 79.9. The molecule has 0 amide bonds. The summed E-state index contributed by atoms with van der Waals surface area (Å²) in [5.74, 6) is 0.922. The van der Waals surface area contributed by atoms with Crippen molar-refractivity contribution in [2.24, 2.45) is 0 Å². The van der Waals surface area contributed by atoms with Crippen molar-refractivity contribution in [3.05, 3.63) is 28.2 Å². The fraction of sp³-hybridized carbons (Fsp3) is 0.538. The fourth-order valence-corrected chi connectivity index (χ4v) is 2.02. The Kier molecular flexibility index (Phi) is 8.00. The lowest BCUT2D eigenvalue weighted by Crippen LogP contribution is -2.88. The summed E-state index contributed by atoms with van der Waals surface area (Å²) >= 11 is 3.43. The molecule has 18 heavy (non-hydrogen) atoms. The van der Waals surface area contributed by atoms with Gasteiger partial charge in [-0.1, -0.05) is 15.9 Å². The van der Waals surface area contributed by atoms with E-state index in [1.807, 2.05) is 25.1 Å². The van der Waals surface area contributed by atoms with Gasteiger partial charge < -0.3 is 20.5 Å². The summed E-state index contributed by atoms with van der Waals surface area (Å²) in [5.41, 5.74) is 4.92. The maximum absolute atomic E-state index is 5.65. The molecule has 0 saturated carbocycles. The predicted octanol–water partition coefficient (Wildman–Crippen LogP) is -0.0418. The Morgan fingerprint density at radius 2 is 2.06 bits per heavy atom. The topological polar surface area (TPSA) is 62.7 Å². The average molecular weight is 319 g/mol. The van der Waals surface area contributed by atoms with Crippen LogP contribution in [0.2, 0.25) is 0 Å². The normalized spacial score (nSPS) is 10.6. The smallest absolute Gasteiger partial charge is 0.125 e. The van der Waals surface area contributed by atoms with Crippen LogP contribution in [0.25, 0.3) is 0 Å². The molecule has 0 spiro atoms. The molecule has 1 aromatic carbocycles. The number of quaternary nitrogens is 2. The number of hydrogen-bond donors (Lipinski definition) is 2. The Morgan fingerprint density at radius 1 is 1.22 bits per heavy atom. The molecule has 0 atom stereocenters. The van der Waals surface area contributed by atoms with Gasteiger partial charge in [0.15, 0.2) is 0 Å². The van der Waals surface area contributed by atoms with Gasteiger partial charge in [-0.2, -0.15) is 0 Å². The molecule has 0 aliphatic carbocycles. The molecular formula is C13H23BrN2O2+2. The van der Waals surface area contributed by atoms with E-state index in [2.05, 4.69) is 27.0 Å². The average Bonchev–Trinajstić information content (AvgIpc) is 2.35. The third kappa shape index (κ3) is 6.35. The van der Waals surface area contributed by atoms with Crippen LogP contribution in [0.1, 0.15) is 5.56 Å². The van der Waals surface area contributed by atoms with Crippen LogP contribution >= 0.6 is 15.9 Å². The summed E-state index contributed by atoms with van der Waals surface area (Å²) in [6.07, 6.45) is 0. The lowest BCUT2D eigenvalue weighted by atomic mass is 10.2. The number of rotatable bonds is 9. The van der Waals surface area contributed by atoms with Crippen LogP contribution in [0.15, 0.2) is 22.7 Å². The summed E-state index contributed by atoms with van der Waals surface area (Å²) < 4.78 is 12.2. The van der Waals surface area contributed by atoms with E-state index in [9.17, 15) is 0 Å². The molecule has 0 aliphatic heterocycles. The van der Waals surface area contributed by atoms with E-state index < -0.39 is 0 Å². The van der Waals surface area contributed by atoms with Crippen molar-refractivity contribution in [3.63, 3.8) is 0 Å². The quantitative estimate of drug-likeness (QED) is 0.627. The lowest BCUT2D eigenvalue weighted by molar-refractivity contribution is -0.671. The van der Waals surface area contributed by atoms with Gasteiger partial charge in [-0.25, -0.2) is 0 Å². The van der Waals surface area contributed by atoms with E-state index in [-0.39, 0.29) is 0 Å². The van der Waals surface area contributed by atoms with Crippen molar-refractivity contribution in [1.29, 1.82) is 0 Å². The Morgan fingerprint density at radius 3 is 2.78 bits per heavy atom. The van der Waals surface area contributed by atoms with Crippen LogP contribution < -0.4 is 15.8 Å². The first-order valence-electron chi connectivity index (χ1n) is 6.31. The van der Waals surface area contributed by atoms with Crippen LogP contribution in [0, 0.1) is 6.92 Å². The number of aryl methyl sites for hydroxylation is 1. The first kappa shape index (κ1) is 15.4. The Hall–Kier alpha value is -0.620. The highest BCUT2D eigenvalue weighted by molar-refractivity contribution is 9.10. The molecule has 0 fully saturated rings. The fourth-order valence-electron chi connectivity index (χ4n) is 1.54. The van der Waals surface area contributed by atoms with Gasteiger partial charge in [-0.3, -0.25) is 0 Å². The molecule has 0 saturated heterocycles. The number of hydrogen-bond acceptors (Lipinski definition) is 2. The molecule has 0 unspecified atom stereocenters. The van der Waals surface area contributed by atoms with Gasteiger partial charge in [0.05, 0.1) is 19.8 Å². The highest BCUT2D eigenvalue weighted by Gasteiger charge is 2.00. The summed E-state index contributed by atoms with van der Waals surface area (Å²) in [7, 11) is 0. The minimum absolute atomic E-state index is 0.595. The van der Waals surface area contributed by atoms with Gasteiger partial charge >= 0.3 is 0 Å². The van der Waals surface area contributed by atoms with E-state index in [4.69, 9.17) is 9.47 Å². The molecule has 5 heteroatoms. The number of benzene rings is 1. The summed E-state index contributed by atoms with van der Waals surface area (Å²) in [4.78, 5) is 0. The van der Waals surface area contributed by atoms with Gasteiger partial charge in [0.25, 0.3) is 0 Å². The minimum Gasteiger partial charge on any atom is -0.491 e. The summed E-state index contributed by atoms with van der Waals surface area (Å²) in [6.45, 7) is 7.06. The minimum atomic E-state index is 0.595. The molecule has 1 aromatic rings. The lowest BCUT2D eigenvalue weighted by Gasteiger charge is -2.09. The van der Waals surface area contributed by atoms with E-state index in [0.29, 0.717) is 13.2 Å². The molecule has 102 valence electrons. The monoisotopic (exact) mass is 318 g/mol. The Bertz CT molecular complexity index is 348. The number of nitrogens with two attached hydrogens (primary N) is 1. The first-order valence-corrected chi connectivity index (χ1v) is 7.11. The van der Waals surface area contributed by atoms with Crippen molar-refractivity contribution in [2.75, 3.05) is 39.5 Å². The third-order valence-corrected chi connectivity index (χ3v) is 2.99. The molecule has 1 rings (SSSR count). The second kappa shape index (κ2) is 9.33. The highest BCUT2D eigenvalue weighted by Crippen LogP contribution is 2.21. The zero-order valence-electron chi connectivity index (χ0n) is 11.0. The van der Waals surface area contributed by atoms with Gasteiger partial charge in [-0.05, 0) is 30.7 Å². The maximum Gasteiger partial charge on any atom is 0.125 e. The summed E-state index contributed by atoms with van der Waals surface area (Å²) in [6, 6.07) is 6.00. The van der Waals surface area contributed by atoms with Gasteiger partial charge in [0, 0.05) is 4.47 Å². The Labute approximate surface area is 117 Å². The first-order chi connectivity index (χ1) is 8.74. The third-order valence-electron chi connectivity index (χ3n) is 2.50. The van der Waals surface area contributed by atoms with E-state index in [1.54, 1.807) is 0 Å². The molecule has 5 N–H and O–H groups in total. The van der Waals surface area contributed by atoms with E-state index in [1.165, 1.54) is 0 Å². The molecular weight excluding hydrogens is 296 g/mol. The van der Waals surface area contributed by atoms with Crippen LogP contribution in [0.5, 0.6) is 5.75 Å². The maximum atomic E-state index is 5.65. The zero-order valence-corrected chi connectivity index (χ0v) is 12.5. The van der Waals surface area contributed by atoms with E-state index in [0.717, 1.165) is 42.0 Å². The van der Waals surface area contributed by atoms with Crippen molar-refractivity contribution in [2.45, 2.75) is 6.92 Å². The number of ether oxygens (including phenoxy) is 2. The van der Waals surface area contributed by atoms with Gasteiger partial charge in [0.1, 0.15) is 25.4 Å². The molecule has 4 nitrogen and oxygen atoms in total. The summed E-state index contributed by atoms with van der Waals surface area (Å²) in [5, 5.41) is 2.22. The van der Waals surface area contributed by atoms with Crippen molar-refractivity contribution in [1.82, 2.24) is 0 Å². The van der Waals surface area contributed by atoms with Crippen LogP contribution in [-0.4, -0.2) is 39.5 Å². The molecule has 0 radical (unpaired) electrons. The van der Waals surface area contributed by atoms with E-state index >= 15 is 0 Å². The molecule has 0 bridgehead atoms. The zero-order chi connectivity index (χ0) is 13.2. The second-order valence-corrected chi connectivity index (χ2v) is 5.01. The van der Waals surface area contributed by atoms with Gasteiger partial charge in [-0.15, -0.1) is 0 Å². The molecule has 0 aliphatic rings. The van der Waals surface area contributed by atoms with Crippen LogP contribution in [0.3, 0.4) is 0 Å². The van der Waals surface area contributed by atoms with Crippen molar-refractivity contribution in [3.8, 4) is 5.75 Å². The molecule has 0 aromatic heterocycles. The van der Waals surface area contributed by atoms with Crippen molar-refractivity contribution >= 4 is 15.9 Å². The van der Waals surface area contributed by atoms with Crippen LogP contribution in [-0.2, 0) is 4.74 Å². The van der Waals surface area contributed by atoms with Crippen molar-refractivity contribution < 1.29 is 20.5 Å². The largest absolute Gasteiger partial charge is 0.491 e. The Balaban J connectivity index is 2.07. The van der Waals surface area contributed by atoms with Crippen LogP contribution in [0.4, 0.5) is 0 Å². The van der Waals surface area contributed by atoms with Gasteiger partial charge in [0.2, 0.25) is 0 Å². The molecule has 0 heterocycles. The second-order valence-electron chi connectivity index (χ2n) is 4.09. The number of halogens is 1. The SMILES string of the molecule is Cc1cc(Br)ccc1OCCOCC[NH2+]CC[NH3+].